The molecule has 0 aliphatic heterocycles. The monoisotopic (exact) mass is 338 g/mol. The standard InChI is InChI=1S/C17H14N4O4/c1-11-10-20(13-5-3-2-4-6-13)19-16(11)18-17(23)12-7-8-14(21(24)25)15(22)9-12/h2-10,22H,1H3,(H,18,19,23). The second kappa shape index (κ2) is 6.44. The number of aromatic hydroxyl groups is 1. The molecule has 1 aromatic heterocycles. The van der Waals surface area contributed by atoms with Gasteiger partial charge in [-0.05, 0) is 31.2 Å². The van der Waals surface area contributed by atoms with E-state index in [4.69, 9.17) is 0 Å². The van der Waals surface area contributed by atoms with Gasteiger partial charge in [-0.25, -0.2) is 4.68 Å². The summed E-state index contributed by atoms with van der Waals surface area (Å²) in [6.45, 7) is 1.80. The SMILES string of the molecule is Cc1cn(-c2ccccc2)nc1NC(=O)c1ccc([N+](=O)[O-])c(O)c1. The van der Waals surface area contributed by atoms with Crippen LogP contribution in [0.1, 0.15) is 15.9 Å². The molecule has 2 N–H and O–H groups in total. The second-order valence-electron chi connectivity index (χ2n) is 5.36. The highest BCUT2D eigenvalue weighted by Gasteiger charge is 2.17. The normalized spacial score (nSPS) is 10.4. The lowest BCUT2D eigenvalue weighted by molar-refractivity contribution is -0.385. The van der Waals surface area contributed by atoms with E-state index in [1.54, 1.807) is 17.8 Å². The Kier molecular flexibility index (Phi) is 4.17. The van der Waals surface area contributed by atoms with Gasteiger partial charge in [0.05, 0.1) is 10.6 Å². The Labute approximate surface area is 142 Å². The Bertz CT molecular complexity index is 951. The predicted molar refractivity (Wildman–Crippen MR) is 91.0 cm³/mol. The van der Waals surface area contributed by atoms with Crippen molar-refractivity contribution in [1.29, 1.82) is 0 Å². The van der Waals surface area contributed by atoms with Crippen LogP contribution in [-0.4, -0.2) is 25.7 Å². The van der Waals surface area contributed by atoms with Crippen molar-refractivity contribution >= 4 is 17.4 Å². The molecule has 1 amide bonds. The quantitative estimate of drug-likeness (QED) is 0.561. The number of para-hydroxylation sites is 1. The minimum atomic E-state index is -0.720. The molecule has 3 rings (SSSR count). The number of anilines is 1. The Balaban J connectivity index is 1.83. The van der Waals surface area contributed by atoms with Gasteiger partial charge in [-0.1, -0.05) is 18.2 Å². The average molecular weight is 338 g/mol. The molecule has 8 heteroatoms. The van der Waals surface area contributed by atoms with Crippen LogP contribution >= 0.6 is 0 Å². The first-order valence-corrected chi connectivity index (χ1v) is 7.36. The Morgan fingerprint density at radius 1 is 1.24 bits per heavy atom. The molecule has 8 nitrogen and oxygen atoms in total. The third-order valence-corrected chi connectivity index (χ3v) is 3.58. The molecule has 126 valence electrons. The smallest absolute Gasteiger partial charge is 0.310 e. The summed E-state index contributed by atoms with van der Waals surface area (Å²) < 4.78 is 1.64. The molecular formula is C17H14N4O4. The van der Waals surface area contributed by atoms with Crippen molar-refractivity contribution < 1.29 is 14.8 Å². The first-order valence-electron chi connectivity index (χ1n) is 7.36. The first-order chi connectivity index (χ1) is 12.0. The maximum Gasteiger partial charge on any atom is 0.310 e. The molecule has 3 aromatic rings. The van der Waals surface area contributed by atoms with Crippen molar-refractivity contribution in [2.45, 2.75) is 6.92 Å². The summed E-state index contributed by atoms with van der Waals surface area (Å²) in [5.74, 6) is -0.720. The molecule has 0 fully saturated rings. The van der Waals surface area contributed by atoms with Gasteiger partial charge in [0.25, 0.3) is 5.91 Å². The highest BCUT2D eigenvalue weighted by molar-refractivity contribution is 6.04. The van der Waals surface area contributed by atoms with Gasteiger partial charge in [0.1, 0.15) is 0 Å². The Hall–Kier alpha value is -3.68. The molecule has 0 unspecified atom stereocenters. The van der Waals surface area contributed by atoms with Crippen LogP contribution in [0.2, 0.25) is 0 Å². The Morgan fingerprint density at radius 2 is 1.96 bits per heavy atom. The summed E-state index contributed by atoms with van der Waals surface area (Å²) in [5.41, 5.74) is 1.24. The third-order valence-electron chi connectivity index (χ3n) is 3.58. The van der Waals surface area contributed by atoms with E-state index in [2.05, 4.69) is 10.4 Å². The number of rotatable bonds is 4. The van der Waals surface area contributed by atoms with E-state index >= 15 is 0 Å². The fraction of sp³-hybridized carbons (Fsp3) is 0.0588. The number of phenols is 1. The topological polar surface area (TPSA) is 110 Å². The summed E-state index contributed by atoms with van der Waals surface area (Å²) in [6, 6.07) is 12.8. The highest BCUT2D eigenvalue weighted by Crippen LogP contribution is 2.26. The van der Waals surface area contributed by atoms with Crippen LogP contribution in [0.15, 0.2) is 54.7 Å². The van der Waals surface area contributed by atoms with Crippen LogP contribution in [-0.2, 0) is 0 Å². The van der Waals surface area contributed by atoms with E-state index < -0.39 is 22.3 Å². The fourth-order valence-electron chi connectivity index (χ4n) is 2.30. The first kappa shape index (κ1) is 16.2. The number of benzene rings is 2. The van der Waals surface area contributed by atoms with Crippen molar-refractivity contribution in [3.05, 3.63) is 76.0 Å². The molecule has 1 heterocycles. The largest absolute Gasteiger partial charge is 0.502 e. The predicted octanol–water partition coefficient (Wildman–Crippen LogP) is 3.05. The summed E-state index contributed by atoms with van der Waals surface area (Å²) in [6.07, 6.45) is 1.78. The molecule has 0 aliphatic carbocycles. The number of phenolic OH excluding ortho intramolecular Hbond substituents is 1. The van der Waals surface area contributed by atoms with Crippen LogP contribution in [0.5, 0.6) is 5.75 Å². The number of amides is 1. The number of aryl methyl sites for hydroxylation is 1. The summed E-state index contributed by atoms with van der Waals surface area (Å²) in [5, 5.41) is 27.3. The lowest BCUT2D eigenvalue weighted by Crippen LogP contribution is -2.13. The molecule has 25 heavy (non-hydrogen) atoms. The molecule has 0 saturated carbocycles. The van der Waals surface area contributed by atoms with Gasteiger partial charge in [0.2, 0.25) is 0 Å². The number of hydrogen-bond acceptors (Lipinski definition) is 5. The number of nitro benzene ring substituents is 1. The van der Waals surface area contributed by atoms with Gasteiger partial charge < -0.3 is 10.4 Å². The van der Waals surface area contributed by atoms with Gasteiger partial charge in [-0.3, -0.25) is 14.9 Å². The number of carbonyl (C=O) groups excluding carboxylic acids is 1. The van der Waals surface area contributed by atoms with Crippen molar-refractivity contribution in [3.63, 3.8) is 0 Å². The maximum atomic E-state index is 12.3. The van der Waals surface area contributed by atoms with Crippen LogP contribution in [0, 0.1) is 17.0 Å². The average Bonchev–Trinajstić information content (AvgIpc) is 2.96. The highest BCUT2D eigenvalue weighted by atomic mass is 16.6. The maximum absolute atomic E-state index is 12.3. The third kappa shape index (κ3) is 3.32. The second-order valence-corrected chi connectivity index (χ2v) is 5.36. The van der Waals surface area contributed by atoms with E-state index in [-0.39, 0.29) is 5.56 Å². The van der Waals surface area contributed by atoms with Gasteiger partial charge in [-0.15, -0.1) is 5.10 Å². The molecule has 0 spiro atoms. The summed E-state index contributed by atoms with van der Waals surface area (Å²) in [7, 11) is 0. The number of nitrogens with one attached hydrogen (secondary N) is 1. The fourth-order valence-corrected chi connectivity index (χ4v) is 2.30. The molecule has 0 aliphatic rings. The van der Waals surface area contributed by atoms with Crippen LogP contribution in [0.4, 0.5) is 11.5 Å². The van der Waals surface area contributed by atoms with E-state index in [1.165, 1.54) is 6.07 Å². The van der Waals surface area contributed by atoms with Gasteiger partial charge in [0, 0.05) is 23.4 Å². The summed E-state index contributed by atoms with van der Waals surface area (Å²) >= 11 is 0. The molecule has 0 radical (unpaired) electrons. The van der Waals surface area contributed by atoms with Crippen LogP contribution in [0.3, 0.4) is 0 Å². The lowest BCUT2D eigenvalue weighted by atomic mass is 10.1. The van der Waals surface area contributed by atoms with Crippen molar-refractivity contribution in [3.8, 4) is 11.4 Å². The lowest BCUT2D eigenvalue weighted by Gasteiger charge is -2.04. The zero-order chi connectivity index (χ0) is 18.0. The zero-order valence-electron chi connectivity index (χ0n) is 13.2. The molecule has 0 saturated heterocycles. The molecular weight excluding hydrogens is 324 g/mol. The number of aromatic nitrogens is 2. The van der Waals surface area contributed by atoms with Gasteiger partial charge in [0.15, 0.2) is 11.6 Å². The van der Waals surface area contributed by atoms with Crippen LogP contribution < -0.4 is 5.32 Å². The van der Waals surface area contributed by atoms with Crippen LogP contribution in [0.25, 0.3) is 5.69 Å². The molecule has 0 atom stereocenters. The minimum absolute atomic E-state index is 0.0942. The van der Waals surface area contributed by atoms with Gasteiger partial charge >= 0.3 is 5.69 Å². The van der Waals surface area contributed by atoms with Crippen molar-refractivity contribution in [2.75, 3.05) is 5.32 Å². The number of nitro groups is 1. The van der Waals surface area contributed by atoms with Crippen molar-refractivity contribution in [2.24, 2.45) is 0 Å². The minimum Gasteiger partial charge on any atom is -0.502 e. The number of carbonyl (C=O) groups is 1. The number of nitrogens with zero attached hydrogens (tertiary/aromatic N) is 3. The summed E-state index contributed by atoms with van der Waals surface area (Å²) in [4.78, 5) is 22.3. The van der Waals surface area contributed by atoms with Crippen molar-refractivity contribution in [1.82, 2.24) is 9.78 Å². The van der Waals surface area contributed by atoms with E-state index in [0.29, 0.717) is 5.82 Å². The van der Waals surface area contributed by atoms with E-state index in [1.807, 2.05) is 30.3 Å². The molecule has 2 aromatic carbocycles. The van der Waals surface area contributed by atoms with Gasteiger partial charge in [-0.2, -0.15) is 0 Å². The zero-order valence-corrected chi connectivity index (χ0v) is 13.2. The van der Waals surface area contributed by atoms with E-state index in [9.17, 15) is 20.0 Å². The Morgan fingerprint density at radius 3 is 2.60 bits per heavy atom. The number of hydrogen-bond donors (Lipinski definition) is 2. The van der Waals surface area contributed by atoms with E-state index in [0.717, 1.165) is 23.4 Å². The molecule has 0 bridgehead atoms.